The highest BCUT2D eigenvalue weighted by Gasteiger charge is 2.11. The van der Waals surface area contributed by atoms with Gasteiger partial charge in [0, 0.05) is 5.56 Å². The molecule has 0 fully saturated rings. The summed E-state index contributed by atoms with van der Waals surface area (Å²) in [7, 11) is 0. The third-order valence-electron chi connectivity index (χ3n) is 2.37. The third-order valence-corrected chi connectivity index (χ3v) is 3.72. The minimum atomic E-state index is 0.616. The Morgan fingerprint density at radius 3 is 2.24 bits per heavy atom. The zero-order valence-corrected chi connectivity index (χ0v) is 14.3. The molecule has 0 spiro atoms. The smallest absolute Gasteiger partial charge is 0.226 e. The standard InChI is InChI=1S/C13H8ClNOS.2C2H6/c14-10-6-7-17-12(10)11-8-15-13(16-11)9-4-2-1-3-5-9;2*1-2/h1-8H;2*1-2H3. The largest absolute Gasteiger partial charge is 0.435 e. The van der Waals surface area contributed by atoms with E-state index in [0.717, 1.165) is 10.4 Å². The van der Waals surface area contributed by atoms with Crippen LogP contribution >= 0.6 is 22.9 Å². The number of hydrogen-bond donors (Lipinski definition) is 0. The molecule has 0 saturated carbocycles. The first-order valence-corrected chi connectivity index (χ1v) is 8.35. The Bertz CT molecular complexity index is 631. The van der Waals surface area contributed by atoms with Crippen molar-refractivity contribution >= 4 is 22.9 Å². The molecule has 0 amide bonds. The Hall–Kier alpha value is -1.58. The Kier molecular flexibility index (Phi) is 7.80. The molecular formula is C17H20ClNOS. The second kappa shape index (κ2) is 9.37. The number of hydrogen-bond acceptors (Lipinski definition) is 3. The maximum atomic E-state index is 6.05. The molecule has 2 aromatic heterocycles. The van der Waals surface area contributed by atoms with E-state index in [1.54, 1.807) is 17.5 Å². The molecule has 0 radical (unpaired) electrons. The second-order valence-electron chi connectivity index (χ2n) is 3.49. The summed E-state index contributed by atoms with van der Waals surface area (Å²) in [5.41, 5.74) is 0.964. The van der Waals surface area contributed by atoms with Crippen LogP contribution in [-0.2, 0) is 0 Å². The highest BCUT2D eigenvalue weighted by molar-refractivity contribution is 7.14. The van der Waals surface area contributed by atoms with Crippen molar-refractivity contribution in [3.8, 4) is 22.1 Å². The van der Waals surface area contributed by atoms with Crippen LogP contribution in [0.4, 0.5) is 0 Å². The number of oxazole rings is 1. The van der Waals surface area contributed by atoms with Gasteiger partial charge in [0.1, 0.15) is 0 Å². The number of aromatic nitrogens is 1. The summed E-state index contributed by atoms with van der Waals surface area (Å²) < 4.78 is 5.71. The monoisotopic (exact) mass is 321 g/mol. The van der Waals surface area contributed by atoms with E-state index in [9.17, 15) is 0 Å². The van der Waals surface area contributed by atoms with Gasteiger partial charge in [0.05, 0.1) is 16.1 Å². The predicted octanol–water partition coefficient (Wildman–Crippen LogP) is 6.78. The molecule has 0 aliphatic carbocycles. The zero-order valence-electron chi connectivity index (χ0n) is 12.8. The lowest BCUT2D eigenvalue weighted by Crippen LogP contribution is -1.73. The third kappa shape index (κ3) is 4.45. The molecule has 2 nitrogen and oxygen atoms in total. The van der Waals surface area contributed by atoms with E-state index in [2.05, 4.69) is 4.98 Å². The van der Waals surface area contributed by atoms with Crippen molar-refractivity contribution in [1.82, 2.24) is 4.98 Å². The average molecular weight is 322 g/mol. The van der Waals surface area contributed by atoms with Gasteiger partial charge in [0.15, 0.2) is 5.76 Å². The van der Waals surface area contributed by atoms with Crippen LogP contribution in [0.2, 0.25) is 5.02 Å². The molecule has 1 aromatic carbocycles. The van der Waals surface area contributed by atoms with Crippen LogP contribution in [0.1, 0.15) is 27.7 Å². The lowest BCUT2D eigenvalue weighted by molar-refractivity contribution is 0.590. The van der Waals surface area contributed by atoms with Crippen LogP contribution in [0.25, 0.3) is 22.1 Å². The van der Waals surface area contributed by atoms with E-state index in [0.29, 0.717) is 16.7 Å². The van der Waals surface area contributed by atoms with Crippen molar-refractivity contribution in [3.05, 3.63) is 53.0 Å². The van der Waals surface area contributed by atoms with Gasteiger partial charge >= 0.3 is 0 Å². The molecule has 2 heterocycles. The van der Waals surface area contributed by atoms with Gasteiger partial charge in [-0.05, 0) is 23.6 Å². The fraction of sp³-hybridized carbons (Fsp3) is 0.235. The van der Waals surface area contributed by atoms with Gasteiger partial charge in [0.2, 0.25) is 5.89 Å². The lowest BCUT2D eigenvalue weighted by Gasteiger charge is -1.94. The number of nitrogens with zero attached hydrogens (tertiary/aromatic N) is 1. The summed E-state index contributed by atoms with van der Waals surface area (Å²) in [6.07, 6.45) is 1.71. The topological polar surface area (TPSA) is 26.0 Å². The quantitative estimate of drug-likeness (QED) is 0.520. The van der Waals surface area contributed by atoms with Crippen LogP contribution in [0, 0.1) is 0 Å². The van der Waals surface area contributed by atoms with E-state index < -0.39 is 0 Å². The SMILES string of the molecule is CC.CC.Clc1ccsc1-c1cnc(-c2ccccc2)o1. The first-order valence-electron chi connectivity index (χ1n) is 7.09. The van der Waals surface area contributed by atoms with Gasteiger partial charge in [-0.1, -0.05) is 57.5 Å². The van der Waals surface area contributed by atoms with Crippen molar-refractivity contribution in [3.63, 3.8) is 0 Å². The average Bonchev–Trinajstić information content (AvgIpc) is 3.21. The van der Waals surface area contributed by atoms with Crippen LogP contribution in [0.5, 0.6) is 0 Å². The van der Waals surface area contributed by atoms with Gasteiger partial charge in [-0.2, -0.15) is 0 Å². The van der Waals surface area contributed by atoms with Crippen LogP contribution in [-0.4, -0.2) is 4.98 Å². The van der Waals surface area contributed by atoms with Gasteiger partial charge in [-0.25, -0.2) is 4.98 Å². The summed E-state index contributed by atoms with van der Waals surface area (Å²) in [4.78, 5) is 5.18. The molecular weight excluding hydrogens is 302 g/mol. The summed E-state index contributed by atoms with van der Waals surface area (Å²) in [5.74, 6) is 1.33. The zero-order chi connectivity index (χ0) is 15.7. The van der Waals surface area contributed by atoms with Gasteiger partial charge in [-0.3, -0.25) is 0 Å². The molecule has 0 aliphatic rings. The van der Waals surface area contributed by atoms with Crippen LogP contribution < -0.4 is 0 Å². The molecule has 4 heteroatoms. The molecule has 0 N–H and O–H groups in total. The fourth-order valence-electron chi connectivity index (χ4n) is 1.56. The predicted molar refractivity (Wildman–Crippen MR) is 93.0 cm³/mol. The number of thiophene rings is 1. The van der Waals surface area contributed by atoms with E-state index in [1.807, 2.05) is 69.5 Å². The number of benzene rings is 1. The molecule has 3 aromatic rings. The fourth-order valence-corrected chi connectivity index (χ4v) is 2.66. The van der Waals surface area contributed by atoms with Crippen molar-refractivity contribution in [2.45, 2.75) is 27.7 Å². The molecule has 0 bridgehead atoms. The van der Waals surface area contributed by atoms with Crippen molar-refractivity contribution in [2.24, 2.45) is 0 Å². The lowest BCUT2D eigenvalue weighted by atomic mass is 10.2. The maximum absolute atomic E-state index is 6.05. The minimum absolute atomic E-state index is 0.616. The summed E-state index contributed by atoms with van der Waals surface area (Å²) >= 11 is 7.60. The minimum Gasteiger partial charge on any atom is -0.435 e. The molecule has 112 valence electrons. The highest BCUT2D eigenvalue weighted by atomic mass is 35.5. The normalized spacial score (nSPS) is 9.19. The van der Waals surface area contributed by atoms with E-state index in [4.69, 9.17) is 16.0 Å². The molecule has 0 aliphatic heterocycles. The Balaban J connectivity index is 0.000000510. The van der Waals surface area contributed by atoms with E-state index in [1.165, 1.54) is 0 Å². The highest BCUT2D eigenvalue weighted by Crippen LogP contribution is 2.35. The molecule has 21 heavy (non-hydrogen) atoms. The van der Waals surface area contributed by atoms with Crippen LogP contribution in [0.15, 0.2) is 52.4 Å². The first kappa shape index (κ1) is 17.5. The number of halogens is 1. The van der Waals surface area contributed by atoms with Crippen molar-refractivity contribution in [2.75, 3.05) is 0 Å². The molecule has 0 saturated heterocycles. The number of rotatable bonds is 2. The van der Waals surface area contributed by atoms with Gasteiger partial charge < -0.3 is 4.42 Å². The molecule has 3 rings (SSSR count). The Labute approximate surface area is 135 Å². The maximum Gasteiger partial charge on any atom is 0.226 e. The summed E-state index contributed by atoms with van der Waals surface area (Å²) in [6.45, 7) is 8.00. The van der Waals surface area contributed by atoms with E-state index in [-0.39, 0.29) is 0 Å². The first-order chi connectivity index (χ1) is 10.3. The summed E-state index contributed by atoms with van der Waals surface area (Å²) in [6, 6.07) is 11.7. The molecule has 0 atom stereocenters. The van der Waals surface area contributed by atoms with Crippen LogP contribution in [0.3, 0.4) is 0 Å². The second-order valence-corrected chi connectivity index (χ2v) is 4.82. The summed E-state index contributed by atoms with van der Waals surface area (Å²) in [5, 5.41) is 2.63. The Morgan fingerprint density at radius 2 is 1.67 bits per heavy atom. The molecule has 0 unspecified atom stereocenters. The van der Waals surface area contributed by atoms with E-state index >= 15 is 0 Å². The van der Waals surface area contributed by atoms with Gasteiger partial charge in [-0.15, -0.1) is 11.3 Å². The Morgan fingerprint density at radius 1 is 1.00 bits per heavy atom. The van der Waals surface area contributed by atoms with Gasteiger partial charge in [0.25, 0.3) is 0 Å². The van der Waals surface area contributed by atoms with Crippen molar-refractivity contribution in [1.29, 1.82) is 0 Å². The van der Waals surface area contributed by atoms with Crippen molar-refractivity contribution < 1.29 is 4.42 Å².